The molecule has 0 spiro atoms. The van der Waals surface area contributed by atoms with E-state index >= 15 is 0 Å². The third-order valence-corrected chi connectivity index (χ3v) is 4.76. The molecule has 130 valence electrons. The molecule has 0 aromatic heterocycles. The van der Waals surface area contributed by atoms with E-state index in [1.54, 1.807) is 12.1 Å². The lowest BCUT2D eigenvalue weighted by molar-refractivity contribution is 0.0600. The molecule has 1 amide bonds. The summed E-state index contributed by atoms with van der Waals surface area (Å²) in [6.07, 6.45) is 0.797. The highest BCUT2D eigenvalue weighted by molar-refractivity contribution is 5.93. The van der Waals surface area contributed by atoms with E-state index in [2.05, 4.69) is 19.2 Å². The van der Waals surface area contributed by atoms with Crippen LogP contribution in [0.2, 0.25) is 0 Å². The Morgan fingerprint density at radius 1 is 1.16 bits per heavy atom. The van der Waals surface area contributed by atoms with Crippen molar-refractivity contribution in [2.24, 2.45) is 11.1 Å². The molecule has 0 radical (unpaired) electrons. The smallest absolute Gasteiger partial charge is 0.337 e. The quantitative estimate of drug-likeness (QED) is 0.841. The summed E-state index contributed by atoms with van der Waals surface area (Å²) in [6.45, 7) is 4.32. The molecule has 0 aliphatic carbocycles. The van der Waals surface area contributed by atoms with Gasteiger partial charge in [-0.3, -0.25) is 4.79 Å². The third kappa shape index (κ3) is 3.22. The zero-order valence-electron chi connectivity index (χ0n) is 14.6. The summed E-state index contributed by atoms with van der Waals surface area (Å²) in [5.41, 5.74) is 9.43. The lowest BCUT2D eigenvalue weighted by atomic mass is 9.72. The van der Waals surface area contributed by atoms with E-state index in [1.807, 2.05) is 30.3 Å². The molecule has 1 atom stereocenters. The van der Waals surface area contributed by atoms with Gasteiger partial charge in [-0.1, -0.05) is 26.0 Å². The molecule has 0 fully saturated rings. The first-order valence-electron chi connectivity index (χ1n) is 8.19. The fourth-order valence-corrected chi connectivity index (χ4v) is 3.48. The van der Waals surface area contributed by atoms with Crippen molar-refractivity contribution in [3.63, 3.8) is 0 Å². The largest absolute Gasteiger partial charge is 0.465 e. The number of amides is 1. The molecule has 1 unspecified atom stereocenters. The van der Waals surface area contributed by atoms with Crippen molar-refractivity contribution in [2.45, 2.75) is 26.3 Å². The van der Waals surface area contributed by atoms with Crippen LogP contribution in [0.5, 0.6) is 0 Å². The topological polar surface area (TPSA) is 81.4 Å². The van der Waals surface area contributed by atoms with Crippen LogP contribution in [0.4, 0.5) is 5.69 Å². The summed E-state index contributed by atoms with van der Waals surface area (Å²) in [5.74, 6) is -0.768. The molecule has 2 aromatic rings. The maximum Gasteiger partial charge on any atom is 0.337 e. The van der Waals surface area contributed by atoms with Gasteiger partial charge in [0.1, 0.15) is 0 Å². The number of ether oxygens (including phenoxy) is 1. The van der Waals surface area contributed by atoms with Crippen LogP contribution in [-0.4, -0.2) is 19.0 Å². The minimum atomic E-state index is -0.432. The molecule has 3 rings (SSSR count). The highest BCUT2D eigenvalue weighted by Gasteiger charge is 2.36. The highest BCUT2D eigenvalue weighted by Crippen LogP contribution is 2.45. The third-order valence-electron chi connectivity index (χ3n) is 4.76. The summed E-state index contributed by atoms with van der Waals surface area (Å²) < 4.78 is 4.80. The summed E-state index contributed by atoms with van der Waals surface area (Å²) in [4.78, 5) is 23.2. The minimum Gasteiger partial charge on any atom is -0.465 e. The molecule has 0 saturated carbocycles. The van der Waals surface area contributed by atoms with Gasteiger partial charge in [0, 0.05) is 11.3 Å². The van der Waals surface area contributed by atoms with Crippen LogP contribution in [0.25, 0.3) is 0 Å². The first-order chi connectivity index (χ1) is 11.8. The van der Waals surface area contributed by atoms with E-state index < -0.39 is 5.91 Å². The van der Waals surface area contributed by atoms with Crippen LogP contribution >= 0.6 is 0 Å². The standard InChI is InChI=1S/C20H22N2O3/c1-20(2)11-15-10-14(19(24)25-3)7-8-16(15)22-17(20)12-5-4-6-13(9-12)18(21)23/h4-10,17,22H,11H2,1-3H3,(H2,21,23). The van der Waals surface area contributed by atoms with Gasteiger partial charge in [-0.05, 0) is 53.3 Å². The average molecular weight is 338 g/mol. The second-order valence-corrected chi connectivity index (χ2v) is 7.10. The van der Waals surface area contributed by atoms with Crippen molar-refractivity contribution >= 4 is 17.6 Å². The van der Waals surface area contributed by atoms with Gasteiger partial charge in [0.2, 0.25) is 5.91 Å². The van der Waals surface area contributed by atoms with Gasteiger partial charge >= 0.3 is 5.97 Å². The number of primary amides is 1. The Hall–Kier alpha value is -2.82. The predicted octanol–water partition coefficient (Wildman–Crippen LogP) is 3.31. The maximum absolute atomic E-state index is 11.8. The van der Waals surface area contributed by atoms with E-state index in [0.29, 0.717) is 11.1 Å². The number of carbonyl (C=O) groups is 2. The first-order valence-corrected chi connectivity index (χ1v) is 8.19. The normalized spacial score (nSPS) is 18.0. The molecule has 0 bridgehead atoms. The van der Waals surface area contributed by atoms with E-state index in [0.717, 1.165) is 23.2 Å². The van der Waals surface area contributed by atoms with Crippen molar-refractivity contribution in [1.82, 2.24) is 0 Å². The predicted molar refractivity (Wildman–Crippen MR) is 96.6 cm³/mol. The Bertz CT molecular complexity index is 843. The zero-order chi connectivity index (χ0) is 18.2. The summed E-state index contributed by atoms with van der Waals surface area (Å²) >= 11 is 0. The van der Waals surface area contributed by atoms with Crippen molar-refractivity contribution < 1.29 is 14.3 Å². The molecule has 1 aliphatic rings. The molecular weight excluding hydrogens is 316 g/mol. The Morgan fingerprint density at radius 3 is 2.60 bits per heavy atom. The fourth-order valence-electron chi connectivity index (χ4n) is 3.48. The van der Waals surface area contributed by atoms with Gasteiger partial charge < -0.3 is 15.8 Å². The number of fused-ring (bicyclic) bond motifs is 1. The first kappa shape index (κ1) is 17.0. The molecule has 2 aromatic carbocycles. The molecule has 25 heavy (non-hydrogen) atoms. The van der Waals surface area contributed by atoms with E-state index in [9.17, 15) is 9.59 Å². The summed E-state index contributed by atoms with van der Waals surface area (Å²) in [5, 5.41) is 3.55. The SMILES string of the molecule is COC(=O)c1ccc2c(c1)CC(C)(C)C(c1cccc(C(N)=O)c1)N2. The van der Waals surface area contributed by atoms with Gasteiger partial charge in [-0.15, -0.1) is 0 Å². The lowest BCUT2D eigenvalue weighted by Crippen LogP contribution is -2.35. The van der Waals surface area contributed by atoms with Crippen LogP contribution in [0.1, 0.15) is 51.7 Å². The number of nitrogens with two attached hydrogens (primary N) is 1. The van der Waals surface area contributed by atoms with Gasteiger partial charge in [0.15, 0.2) is 0 Å². The van der Waals surface area contributed by atoms with Crippen LogP contribution in [0.3, 0.4) is 0 Å². The lowest BCUT2D eigenvalue weighted by Gasteiger charge is -2.41. The second kappa shape index (κ2) is 6.24. The Morgan fingerprint density at radius 2 is 1.92 bits per heavy atom. The maximum atomic E-state index is 11.8. The average Bonchev–Trinajstić information content (AvgIpc) is 2.59. The second-order valence-electron chi connectivity index (χ2n) is 7.10. The zero-order valence-corrected chi connectivity index (χ0v) is 14.6. The van der Waals surface area contributed by atoms with Crippen LogP contribution in [0, 0.1) is 5.41 Å². The number of nitrogens with one attached hydrogen (secondary N) is 1. The van der Waals surface area contributed by atoms with Gasteiger partial charge in [-0.2, -0.15) is 0 Å². The van der Waals surface area contributed by atoms with E-state index in [4.69, 9.17) is 10.5 Å². The number of carbonyl (C=O) groups excluding carboxylic acids is 2. The Balaban J connectivity index is 1.98. The van der Waals surface area contributed by atoms with E-state index in [1.165, 1.54) is 7.11 Å². The molecule has 3 N–H and O–H groups in total. The molecule has 5 heteroatoms. The fraction of sp³-hybridized carbons (Fsp3) is 0.300. The number of hydrogen-bond acceptors (Lipinski definition) is 4. The van der Waals surface area contributed by atoms with Gasteiger partial charge in [-0.25, -0.2) is 4.79 Å². The van der Waals surface area contributed by atoms with Crippen molar-refractivity contribution in [2.75, 3.05) is 12.4 Å². The highest BCUT2D eigenvalue weighted by atomic mass is 16.5. The van der Waals surface area contributed by atoms with Crippen molar-refractivity contribution in [3.05, 3.63) is 64.7 Å². The molecular formula is C20H22N2O3. The number of rotatable bonds is 3. The van der Waals surface area contributed by atoms with Crippen molar-refractivity contribution in [1.29, 1.82) is 0 Å². The number of benzene rings is 2. The monoisotopic (exact) mass is 338 g/mol. The Labute approximate surface area is 147 Å². The number of methoxy groups -OCH3 is 1. The molecule has 1 aliphatic heterocycles. The molecule has 5 nitrogen and oxygen atoms in total. The number of hydrogen-bond donors (Lipinski definition) is 2. The van der Waals surface area contributed by atoms with E-state index in [-0.39, 0.29) is 17.4 Å². The summed E-state index contributed by atoms with van der Waals surface area (Å²) in [6, 6.07) is 13.0. The van der Waals surface area contributed by atoms with Gasteiger partial charge in [0.05, 0.1) is 18.7 Å². The van der Waals surface area contributed by atoms with Crippen LogP contribution in [-0.2, 0) is 11.2 Å². The molecule has 0 saturated heterocycles. The van der Waals surface area contributed by atoms with Crippen LogP contribution in [0.15, 0.2) is 42.5 Å². The number of esters is 1. The van der Waals surface area contributed by atoms with Gasteiger partial charge in [0.25, 0.3) is 0 Å². The number of anilines is 1. The van der Waals surface area contributed by atoms with Crippen LogP contribution < -0.4 is 11.1 Å². The Kier molecular flexibility index (Phi) is 4.25. The van der Waals surface area contributed by atoms with Crippen molar-refractivity contribution in [3.8, 4) is 0 Å². The molecule has 1 heterocycles. The minimum absolute atomic E-state index is 0.0308. The summed E-state index contributed by atoms with van der Waals surface area (Å²) in [7, 11) is 1.38.